The number of amides is 1. The summed E-state index contributed by atoms with van der Waals surface area (Å²) in [6, 6.07) is 3.99. The number of carbonyl (C=O) groups is 1. The first-order chi connectivity index (χ1) is 12.9. The van der Waals surface area contributed by atoms with Gasteiger partial charge in [-0.3, -0.25) is 9.69 Å². The van der Waals surface area contributed by atoms with Crippen LogP contribution in [0, 0.1) is 13.8 Å². The van der Waals surface area contributed by atoms with E-state index in [9.17, 15) is 4.79 Å². The predicted molar refractivity (Wildman–Crippen MR) is 112 cm³/mol. The van der Waals surface area contributed by atoms with E-state index in [1.165, 1.54) is 16.2 Å². The molecule has 3 aromatic rings. The molecule has 3 aromatic heterocycles. The van der Waals surface area contributed by atoms with Crippen LogP contribution in [0.1, 0.15) is 26.1 Å². The first-order valence-electron chi connectivity index (χ1n) is 8.71. The number of hydrogen-bond acceptors (Lipinski definition) is 7. The molecule has 0 aromatic carbocycles. The summed E-state index contributed by atoms with van der Waals surface area (Å²) in [5.41, 5.74) is 7.62. The van der Waals surface area contributed by atoms with Crippen LogP contribution >= 0.6 is 34.3 Å². The Morgan fingerprint density at radius 3 is 2.59 bits per heavy atom. The summed E-state index contributed by atoms with van der Waals surface area (Å²) in [6.45, 7) is 7.69. The van der Waals surface area contributed by atoms with Crippen molar-refractivity contribution in [1.29, 1.82) is 0 Å². The number of hydrogen-bond donors (Lipinski definition) is 1. The second-order valence-corrected chi connectivity index (χ2v) is 9.45. The van der Waals surface area contributed by atoms with Crippen LogP contribution in [-0.4, -0.2) is 51.9 Å². The van der Waals surface area contributed by atoms with Crippen LogP contribution in [-0.2, 0) is 6.54 Å². The van der Waals surface area contributed by atoms with Gasteiger partial charge in [0.25, 0.3) is 5.91 Å². The maximum absolute atomic E-state index is 13.0. The lowest BCUT2D eigenvalue weighted by Crippen LogP contribution is -2.48. The number of thiophene rings is 2. The molecule has 2 N–H and O–H groups in total. The molecule has 0 saturated carbocycles. The van der Waals surface area contributed by atoms with Crippen molar-refractivity contribution in [2.45, 2.75) is 20.4 Å². The van der Waals surface area contributed by atoms with Gasteiger partial charge in [0.15, 0.2) is 0 Å². The smallest absolute Gasteiger partial charge is 0.266 e. The van der Waals surface area contributed by atoms with E-state index >= 15 is 0 Å². The van der Waals surface area contributed by atoms with E-state index in [1.807, 2.05) is 24.8 Å². The molecule has 6 nitrogen and oxygen atoms in total. The highest BCUT2D eigenvalue weighted by atomic mass is 35.5. The van der Waals surface area contributed by atoms with Gasteiger partial charge < -0.3 is 10.6 Å². The SMILES string of the molecule is Cc1nc(C)c2c(N)c(C(=O)N3CCN(Cc4ccc(Cl)s4)CC3)sc2n1. The molecule has 9 heteroatoms. The van der Waals surface area contributed by atoms with Crippen LogP contribution in [0.25, 0.3) is 10.2 Å². The lowest BCUT2D eigenvalue weighted by Gasteiger charge is -2.34. The Morgan fingerprint density at radius 1 is 1.19 bits per heavy atom. The number of anilines is 1. The number of fused-ring (bicyclic) bond motifs is 1. The zero-order valence-electron chi connectivity index (χ0n) is 15.2. The van der Waals surface area contributed by atoms with Crippen LogP contribution in [0.15, 0.2) is 12.1 Å². The van der Waals surface area contributed by atoms with E-state index in [4.69, 9.17) is 17.3 Å². The molecule has 1 saturated heterocycles. The number of rotatable bonds is 3. The van der Waals surface area contributed by atoms with Crippen LogP contribution in [0.2, 0.25) is 4.34 Å². The van der Waals surface area contributed by atoms with Crippen LogP contribution in [0.4, 0.5) is 5.69 Å². The molecule has 0 unspecified atom stereocenters. The minimum absolute atomic E-state index is 0.00799. The van der Waals surface area contributed by atoms with Gasteiger partial charge in [-0.25, -0.2) is 9.97 Å². The zero-order chi connectivity index (χ0) is 19.1. The Labute approximate surface area is 170 Å². The number of nitrogens with zero attached hydrogens (tertiary/aromatic N) is 4. The Bertz CT molecular complexity index is 1010. The van der Waals surface area contributed by atoms with Crippen LogP contribution in [0.3, 0.4) is 0 Å². The molecule has 1 fully saturated rings. The molecule has 0 bridgehead atoms. The molecule has 1 amide bonds. The molecule has 0 atom stereocenters. The first kappa shape index (κ1) is 18.6. The number of carbonyl (C=O) groups excluding carboxylic acids is 1. The molecule has 142 valence electrons. The molecule has 1 aliphatic heterocycles. The van der Waals surface area contributed by atoms with Gasteiger partial charge in [0.05, 0.1) is 21.1 Å². The zero-order valence-corrected chi connectivity index (χ0v) is 17.5. The fourth-order valence-electron chi connectivity index (χ4n) is 3.40. The molecule has 1 aliphatic rings. The third kappa shape index (κ3) is 3.67. The Hall–Kier alpha value is -1.74. The summed E-state index contributed by atoms with van der Waals surface area (Å²) >= 11 is 8.98. The summed E-state index contributed by atoms with van der Waals surface area (Å²) in [6.07, 6.45) is 0. The minimum atomic E-state index is -0.00799. The van der Waals surface area contributed by atoms with E-state index in [1.54, 1.807) is 11.3 Å². The lowest BCUT2D eigenvalue weighted by atomic mass is 10.2. The number of piperazine rings is 1. The van der Waals surface area contributed by atoms with Crippen molar-refractivity contribution in [2.24, 2.45) is 0 Å². The van der Waals surface area contributed by atoms with E-state index in [0.29, 0.717) is 29.5 Å². The molecule has 4 rings (SSSR count). The molecule has 4 heterocycles. The van der Waals surface area contributed by atoms with Crippen molar-refractivity contribution in [3.05, 3.63) is 37.7 Å². The Morgan fingerprint density at radius 2 is 1.93 bits per heavy atom. The normalized spacial score (nSPS) is 15.6. The van der Waals surface area contributed by atoms with Gasteiger partial charge in [-0.05, 0) is 26.0 Å². The lowest BCUT2D eigenvalue weighted by molar-refractivity contribution is 0.0635. The van der Waals surface area contributed by atoms with Crippen molar-refractivity contribution < 1.29 is 4.79 Å². The van der Waals surface area contributed by atoms with Crippen molar-refractivity contribution >= 4 is 56.1 Å². The van der Waals surface area contributed by atoms with Gasteiger partial charge in [-0.1, -0.05) is 11.6 Å². The standard InChI is InChI=1S/C18H20ClN5OS2/c1-10-14-15(20)16(27-17(14)22-11(2)21-10)18(25)24-7-5-23(6-8-24)9-12-3-4-13(19)26-12/h3-4H,5-9,20H2,1-2H3. The van der Waals surface area contributed by atoms with Crippen molar-refractivity contribution in [3.63, 3.8) is 0 Å². The monoisotopic (exact) mass is 421 g/mol. The van der Waals surface area contributed by atoms with E-state index in [-0.39, 0.29) is 5.91 Å². The summed E-state index contributed by atoms with van der Waals surface area (Å²) in [5, 5.41) is 0.808. The van der Waals surface area contributed by atoms with Gasteiger partial charge in [-0.2, -0.15) is 0 Å². The second-order valence-electron chi connectivity index (χ2n) is 6.66. The summed E-state index contributed by atoms with van der Waals surface area (Å²) in [4.78, 5) is 28.7. The summed E-state index contributed by atoms with van der Waals surface area (Å²) in [7, 11) is 0. The Balaban J connectivity index is 1.47. The quantitative estimate of drug-likeness (QED) is 0.699. The van der Waals surface area contributed by atoms with Gasteiger partial charge in [-0.15, -0.1) is 22.7 Å². The highest BCUT2D eigenvalue weighted by Gasteiger charge is 2.27. The molecule has 0 radical (unpaired) electrons. The molecular formula is C18H20ClN5OS2. The third-order valence-electron chi connectivity index (χ3n) is 4.74. The molecular weight excluding hydrogens is 402 g/mol. The number of nitrogen functional groups attached to an aromatic ring is 1. The number of halogens is 1. The third-order valence-corrected chi connectivity index (χ3v) is 7.05. The highest BCUT2D eigenvalue weighted by molar-refractivity contribution is 7.21. The average Bonchev–Trinajstić information content (AvgIpc) is 3.18. The number of aryl methyl sites for hydroxylation is 2. The van der Waals surface area contributed by atoms with Gasteiger partial charge >= 0.3 is 0 Å². The van der Waals surface area contributed by atoms with Gasteiger partial charge in [0.1, 0.15) is 15.5 Å². The Kier molecular flexibility index (Phi) is 5.07. The van der Waals surface area contributed by atoms with Crippen molar-refractivity contribution in [2.75, 3.05) is 31.9 Å². The molecule has 27 heavy (non-hydrogen) atoms. The van der Waals surface area contributed by atoms with Crippen LogP contribution in [0.5, 0.6) is 0 Å². The predicted octanol–water partition coefficient (Wildman–Crippen LogP) is 3.56. The second kappa shape index (κ2) is 7.35. The molecule has 0 aliphatic carbocycles. The molecule has 0 spiro atoms. The maximum Gasteiger partial charge on any atom is 0.266 e. The number of aromatic nitrogens is 2. The fraction of sp³-hybridized carbons (Fsp3) is 0.389. The van der Waals surface area contributed by atoms with E-state index in [0.717, 1.165) is 39.9 Å². The summed E-state index contributed by atoms with van der Waals surface area (Å²) < 4.78 is 0.813. The van der Waals surface area contributed by atoms with E-state index < -0.39 is 0 Å². The van der Waals surface area contributed by atoms with E-state index in [2.05, 4.69) is 20.9 Å². The van der Waals surface area contributed by atoms with Gasteiger partial charge in [0.2, 0.25) is 0 Å². The minimum Gasteiger partial charge on any atom is -0.397 e. The van der Waals surface area contributed by atoms with Crippen molar-refractivity contribution in [3.8, 4) is 0 Å². The van der Waals surface area contributed by atoms with Crippen LogP contribution < -0.4 is 5.73 Å². The maximum atomic E-state index is 13.0. The largest absolute Gasteiger partial charge is 0.397 e. The highest BCUT2D eigenvalue weighted by Crippen LogP contribution is 2.35. The van der Waals surface area contributed by atoms with Gasteiger partial charge in [0, 0.05) is 37.6 Å². The summed E-state index contributed by atoms with van der Waals surface area (Å²) in [5.74, 6) is 0.689. The number of nitrogens with two attached hydrogens (primary N) is 1. The van der Waals surface area contributed by atoms with Crippen molar-refractivity contribution in [1.82, 2.24) is 19.8 Å². The first-order valence-corrected chi connectivity index (χ1v) is 10.7. The fourth-order valence-corrected chi connectivity index (χ4v) is 5.69. The topological polar surface area (TPSA) is 75.3 Å². The average molecular weight is 422 g/mol.